The molecule has 8 nitrogen and oxygen atoms in total. The number of ether oxygens (including phenoxy) is 1. The molecule has 1 aromatic carbocycles. The fourth-order valence-electron chi connectivity index (χ4n) is 2.93. The van der Waals surface area contributed by atoms with E-state index in [0.717, 1.165) is 0 Å². The Morgan fingerprint density at radius 2 is 1.93 bits per heavy atom. The Kier molecular flexibility index (Phi) is 4.93. The molecule has 3 aromatic heterocycles. The van der Waals surface area contributed by atoms with Gasteiger partial charge in [-0.05, 0) is 43.3 Å². The Bertz CT molecular complexity index is 1240. The van der Waals surface area contributed by atoms with Gasteiger partial charge in [-0.25, -0.2) is 4.79 Å². The lowest BCUT2D eigenvalue weighted by Crippen LogP contribution is -2.12. The number of aromatic nitrogens is 1. The summed E-state index contributed by atoms with van der Waals surface area (Å²) in [6.07, 6.45) is 4.81. The summed E-state index contributed by atoms with van der Waals surface area (Å²) in [4.78, 5) is 24.9. The second-order valence-corrected chi connectivity index (χ2v) is 6.26. The van der Waals surface area contributed by atoms with Crippen molar-refractivity contribution in [1.29, 1.82) is 5.26 Å². The first-order valence-corrected chi connectivity index (χ1v) is 8.90. The predicted octanol–water partition coefficient (Wildman–Crippen LogP) is 4.31. The molecular weight excluding hydrogens is 386 g/mol. The topological polar surface area (TPSA) is 110 Å². The van der Waals surface area contributed by atoms with Crippen molar-refractivity contribution < 1.29 is 23.2 Å². The molecule has 1 N–H and O–H groups in total. The number of rotatable bonds is 5. The van der Waals surface area contributed by atoms with Gasteiger partial charge in [-0.3, -0.25) is 9.36 Å². The molecule has 8 heteroatoms. The van der Waals surface area contributed by atoms with Crippen LogP contribution in [0.5, 0.6) is 5.75 Å². The lowest BCUT2D eigenvalue weighted by Gasteiger charge is -2.07. The van der Waals surface area contributed by atoms with Crippen LogP contribution in [-0.4, -0.2) is 16.4 Å². The Labute approximate surface area is 170 Å². The number of amides is 1. The molecule has 30 heavy (non-hydrogen) atoms. The van der Waals surface area contributed by atoms with Crippen molar-refractivity contribution in [2.75, 3.05) is 5.32 Å². The number of nitriles is 1. The minimum absolute atomic E-state index is 0.0474. The van der Waals surface area contributed by atoms with Crippen LogP contribution in [0.1, 0.15) is 32.2 Å². The van der Waals surface area contributed by atoms with Crippen LogP contribution in [0.15, 0.2) is 76.0 Å². The molecule has 0 radical (unpaired) electrons. The fraction of sp³-hybridized carbons (Fsp3) is 0.0455. The number of nitrogens with one attached hydrogen (secondary N) is 1. The fourth-order valence-corrected chi connectivity index (χ4v) is 2.93. The molecule has 0 bridgehead atoms. The zero-order chi connectivity index (χ0) is 21.1. The number of nitrogens with zero attached hydrogens (tertiary/aromatic N) is 2. The van der Waals surface area contributed by atoms with Gasteiger partial charge >= 0.3 is 5.97 Å². The van der Waals surface area contributed by atoms with E-state index in [1.807, 2.05) is 6.07 Å². The molecule has 0 saturated heterocycles. The number of carbonyl (C=O) groups excluding carboxylic acids is 2. The third-order valence-corrected chi connectivity index (χ3v) is 4.27. The van der Waals surface area contributed by atoms with Crippen LogP contribution >= 0.6 is 0 Å². The first-order valence-electron chi connectivity index (χ1n) is 8.90. The molecule has 4 aromatic rings. The molecule has 4 rings (SSSR count). The minimum Gasteiger partial charge on any atom is -0.459 e. The number of carbonyl (C=O) groups is 2. The van der Waals surface area contributed by atoms with Gasteiger partial charge in [0.15, 0.2) is 5.76 Å². The van der Waals surface area contributed by atoms with Crippen molar-refractivity contribution in [1.82, 2.24) is 4.57 Å². The van der Waals surface area contributed by atoms with Crippen LogP contribution in [0.3, 0.4) is 0 Å². The summed E-state index contributed by atoms with van der Waals surface area (Å²) in [5, 5.41) is 12.2. The number of esters is 1. The third-order valence-electron chi connectivity index (χ3n) is 4.27. The van der Waals surface area contributed by atoms with Gasteiger partial charge in [-0.2, -0.15) is 5.26 Å². The van der Waals surface area contributed by atoms with Crippen LogP contribution in [0.4, 0.5) is 5.69 Å². The van der Waals surface area contributed by atoms with E-state index < -0.39 is 11.9 Å². The number of anilines is 1. The van der Waals surface area contributed by atoms with E-state index in [2.05, 4.69) is 5.32 Å². The SMILES string of the molecule is Cc1oc(-n2cccc2)c(C#N)c1C(=O)Oc1cccc(NC(=O)c2ccco2)c1. The summed E-state index contributed by atoms with van der Waals surface area (Å²) in [7, 11) is 0. The number of furan rings is 2. The lowest BCUT2D eigenvalue weighted by atomic mass is 10.1. The predicted molar refractivity (Wildman–Crippen MR) is 106 cm³/mol. The van der Waals surface area contributed by atoms with Gasteiger partial charge in [-0.15, -0.1) is 0 Å². The van der Waals surface area contributed by atoms with Gasteiger partial charge < -0.3 is 18.9 Å². The van der Waals surface area contributed by atoms with Gasteiger partial charge in [-0.1, -0.05) is 6.07 Å². The van der Waals surface area contributed by atoms with E-state index in [-0.39, 0.29) is 34.3 Å². The van der Waals surface area contributed by atoms with Crippen LogP contribution in [-0.2, 0) is 0 Å². The highest BCUT2D eigenvalue weighted by molar-refractivity contribution is 6.02. The molecule has 0 unspecified atom stereocenters. The summed E-state index contributed by atoms with van der Waals surface area (Å²) < 4.78 is 17.7. The normalized spacial score (nSPS) is 10.4. The summed E-state index contributed by atoms with van der Waals surface area (Å²) in [6.45, 7) is 1.59. The molecule has 1 amide bonds. The number of hydrogen-bond acceptors (Lipinski definition) is 6. The Hall–Kier alpha value is -4.51. The first kappa shape index (κ1) is 18.8. The van der Waals surface area contributed by atoms with Crippen molar-refractivity contribution in [3.05, 3.63) is 89.8 Å². The summed E-state index contributed by atoms with van der Waals surface area (Å²) in [5.74, 6) is -0.307. The van der Waals surface area contributed by atoms with Crippen LogP contribution in [0, 0.1) is 18.3 Å². The smallest absolute Gasteiger partial charge is 0.348 e. The maximum absolute atomic E-state index is 12.8. The summed E-state index contributed by atoms with van der Waals surface area (Å²) in [6, 6.07) is 15.0. The molecule has 0 atom stereocenters. The molecule has 0 aliphatic rings. The van der Waals surface area contributed by atoms with Gasteiger partial charge in [0.05, 0.1) is 6.26 Å². The second kappa shape index (κ2) is 7.85. The van der Waals surface area contributed by atoms with Crippen LogP contribution in [0.2, 0.25) is 0 Å². The van der Waals surface area contributed by atoms with E-state index in [4.69, 9.17) is 13.6 Å². The van der Waals surface area contributed by atoms with E-state index in [1.165, 1.54) is 18.4 Å². The summed E-state index contributed by atoms with van der Waals surface area (Å²) >= 11 is 0. The van der Waals surface area contributed by atoms with Gasteiger partial charge in [0.1, 0.15) is 28.7 Å². The third kappa shape index (κ3) is 3.59. The molecule has 0 aliphatic carbocycles. The van der Waals surface area contributed by atoms with Crippen molar-refractivity contribution >= 4 is 17.6 Å². The Morgan fingerprint density at radius 1 is 1.13 bits per heavy atom. The van der Waals surface area contributed by atoms with Crippen LogP contribution < -0.4 is 10.1 Å². The van der Waals surface area contributed by atoms with Gasteiger partial charge in [0, 0.05) is 24.1 Å². The maximum atomic E-state index is 12.8. The molecule has 0 spiro atoms. The highest BCUT2D eigenvalue weighted by Gasteiger charge is 2.26. The average Bonchev–Trinajstić information content (AvgIpc) is 3.48. The molecule has 0 fully saturated rings. The lowest BCUT2D eigenvalue weighted by molar-refractivity contribution is 0.0732. The largest absolute Gasteiger partial charge is 0.459 e. The zero-order valence-corrected chi connectivity index (χ0v) is 15.8. The highest BCUT2D eigenvalue weighted by atomic mass is 16.5. The average molecular weight is 401 g/mol. The molecule has 148 valence electrons. The second-order valence-electron chi connectivity index (χ2n) is 6.26. The molecule has 0 saturated carbocycles. The van der Waals surface area contributed by atoms with Gasteiger partial charge in [0.25, 0.3) is 5.91 Å². The van der Waals surface area contributed by atoms with Crippen LogP contribution in [0.25, 0.3) is 5.88 Å². The zero-order valence-electron chi connectivity index (χ0n) is 15.8. The maximum Gasteiger partial charge on any atom is 0.348 e. The van der Waals surface area contributed by atoms with E-state index in [0.29, 0.717) is 5.69 Å². The minimum atomic E-state index is -0.735. The van der Waals surface area contributed by atoms with Crippen molar-refractivity contribution in [3.63, 3.8) is 0 Å². The van der Waals surface area contributed by atoms with Gasteiger partial charge in [0.2, 0.25) is 5.88 Å². The van der Waals surface area contributed by atoms with Crippen molar-refractivity contribution in [2.45, 2.75) is 6.92 Å². The van der Waals surface area contributed by atoms with E-state index in [9.17, 15) is 14.9 Å². The number of aryl methyl sites for hydroxylation is 1. The Balaban J connectivity index is 1.56. The summed E-state index contributed by atoms with van der Waals surface area (Å²) in [5.41, 5.74) is 0.543. The molecule has 0 aliphatic heterocycles. The van der Waals surface area contributed by atoms with Crippen molar-refractivity contribution in [3.8, 4) is 17.7 Å². The van der Waals surface area contributed by atoms with Crippen molar-refractivity contribution in [2.24, 2.45) is 0 Å². The Morgan fingerprint density at radius 3 is 2.63 bits per heavy atom. The monoisotopic (exact) mass is 401 g/mol. The standard InChI is InChI=1S/C22H15N3O5/c1-14-19(17(13-23)21(29-14)25-9-2-3-10-25)22(27)30-16-7-4-6-15(12-16)24-20(26)18-8-5-11-28-18/h2-12H,1H3,(H,24,26). The quantitative estimate of drug-likeness (QED) is 0.394. The first-order chi connectivity index (χ1) is 14.6. The van der Waals surface area contributed by atoms with E-state index >= 15 is 0 Å². The highest BCUT2D eigenvalue weighted by Crippen LogP contribution is 2.27. The van der Waals surface area contributed by atoms with E-state index in [1.54, 1.807) is 60.3 Å². The molecule has 3 heterocycles. The number of benzene rings is 1. The number of hydrogen-bond donors (Lipinski definition) is 1. The molecular formula is C22H15N3O5.